The molecule has 2 aromatic rings. The van der Waals surface area contributed by atoms with Crippen LogP contribution in [0.2, 0.25) is 0 Å². The normalized spacial score (nSPS) is 12.1. The van der Waals surface area contributed by atoms with E-state index >= 15 is 0 Å². The van der Waals surface area contributed by atoms with Crippen molar-refractivity contribution >= 4 is 11.6 Å². The summed E-state index contributed by atoms with van der Waals surface area (Å²) in [5, 5.41) is 2.39. The van der Waals surface area contributed by atoms with E-state index in [0.717, 1.165) is 12.1 Å². The van der Waals surface area contributed by atoms with Crippen LogP contribution in [-0.2, 0) is 11.6 Å². The number of halogens is 3. The standard InChI is InChI=1S/C16H16F3N3O/c1-15(2,3)14-20-8-10(9-21-14)22-13(23)11-6-4-5-7-12(11)16(17,18)19/h4-9H,1-3H3,(H,22,23). The van der Waals surface area contributed by atoms with Gasteiger partial charge in [-0.3, -0.25) is 4.79 Å². The van der Waals surface area contributed by atoms with Crippen LogP contribution in [0.4, 0.5) is 18.9 Å². The molecule has 23 heavy (non-hydrogen) atoms. The summed E-state index contributed by atoms with van der Waals surface area (Å²) in [6, 6.07) is 4.61. The van der Waals surface area contributed by atoms with Gasteiger partial charge in [0.05, 0.1) is 29.2 Å². The maximum absolute atomic E-state index is 12.9. The van der Waals surface area contributed by atoms with E-state index in [2.05, 4.69) is 15.3 Å². The van der Waals surface area contributed by atoms with Gasteiger partial charge in [0.15, 0.2) is 0 Å². The molecule has 0 unspecified atom stereocenters. The molecule has 0 saturated heterocycles. The van der Waals surface area contributed by atoms with Crippen molar-refractivity contribution in [1.82, 2.24) is 9.97 Å². The van der Waals surface area contributed by atoms with Crippen LogP contribution in [0.25, 0.3) is 0 Å². The predicted molar refractivity (Wildman–Crippen MR) is 80.1 cm³/mol. The van der Waals surface area contributed by atoms with Crippen LogP contribution < -0.4 is 5.32 Å². The minimum atomic E-state index is -4.60. The Labute approximate surface area is 131 Å². The lowest BCUT2D eigenvalue weighted by molar-refractivity contribution is -0.137. The van der Waals surface area contributed by atoms with Crippen molar-refractivity contribution in [2.24, 2.45) is 0 Å². The van der Waals surface area contributed by atoms with Gasteiger partial charge in [-0.05, 0) is 12.1 Å². The SMILES string of the molecule is CC(C)(C)c1ncc(NC(=O)c2ccccc2C(F)(F)F)cn1. The topological polar surface area (TPSA) is 54.9 Å². The molecule has 1 heterocycles. The number of carbonyl (C=O) groups excluding carboxylic acids is 1. The molecule has 4 nitrogen and oxygen atoms in total. The Morgan fingerprint density at radius 2 is 1.61 bits per heavy atom. The van der Waals surface area contributed by atoms with E-state index in [1.165, 1.54) is 24.5 Å². The molecular weight excluding hydrogens is 307 g/mol. The zero-order chi connectivity index (χ0) is 17.3. The Morgan fingerprint density at radius 3 is 2.13 bits per heavy atom. The maximum Gasteiger partial charge on any atom is 0.417 e. The number of rotatable bonds is 2. The molecule has 0 radical (unpaired) electrons. The number of hydrogen-bond acceptors (Lipinski definition) is 3. The van der Waals surface area contributed by atoms with Gasteiger partial charge in [0.1, 0.15) is 5.82 Å². The molecule has 1 aromatic heterocycles. The summed E-state index contributed by atoms with van der Waals surface area (Å²) in [6.07, 6.45) is -1.84. The fraction of sp³-hybridized carbons (Fsp3) is 0.312. The zero-order valence-electron chi connectivity index (χ0n) is 12.9. The molecule has 1 aromatic carbocycles. The van der Waals surface area contributed by atoms with Crippen molar-refractivity contribution in [2.75, 3.05) is 5.32 Å². The largest absolute Gasteiger partial charge is 0.417 e. The molecule has 1 amide bonds. The van der Waals surface area contributed by atoms with Crippen molar-refractivity contribution in [2.45, 2.75) is 32.4 Å². The number of aromatic nitrogens is 2. The Hall–Kier alpha value is -2.44. The molecule has 2 rings (SSSR count). The lowest BCUT2D eigenvalue weighted by Crippen LogP contribution is -2.20. The van der Waals surface area contributed by atoms with Crippen molar-refractivity contribution in [3.63, 3.8) is 0 Å². The zero-order valence-corrected chi connectivity index (χ0v) is 12.9. The molecule has 0 aliphatic heterocycles. The predicted octanol–water partition coefficient (Wildman–Crippen LogP) is 4.05. The minimum absolute atomic E-state index is 0.236. The van der Waals surface area contributed by atoms with Crippen LogP contribution in [0.5, 0.6) is 0 Å². The second-order valence-corrected chi connectivity index (χ2v) is 6.04. The molecule has 7 heteroatoms. The smallest absolute Gasteiger partial charge is 0.319 e. The van der Waals surface area contributed by atoms with E-state index in [9.17, 15) is 18.0 Å². The van der Waals surface area contributed by atoms with E-state index in [1.54, 1.807) is 0 Å². The second-order valence-electron chi connectivity index (χ2n) is 6.04. The van der Waals surface area contributed by atoms with Crippen LogP contribution in [0.15, 0.2) is 36.7 Å². The van der Waals surface area contributed by atoms with Gasteiger partial charge in [-0.25, -0.2) is 9.97 Å². The van der Waals surface area contributed by atoms with Gasteiger partial charge < -0.3 is 5.32 Å². The van der Waals surface area contributed by atoms with Crippen LogP contribution >= 0.6 is 0 Å². The first-order valence-electron chi connectivity index (χ1n) is 6.89. The summed E-state index contributed by atoms with van der Waals surface area (Å²) < 4.78 is 38.8. The summed E-state index contributed by atoms with van der Waals surface area (Å²) in [7, 11) is 0. The Morgan fingerprint density at radius 1 is 1.04 bits per heavy atom. The van der Waals surface area contributed by atoms with Gasteiger partial charge in [0.2, 0.25) is 0 Å². The fourth-order valence-corrected chi connectivity index (χ4v) is 1.91. The third kappa shape index (κ3) is 4.06. The number of amides is 1. The molecule has 0 aliphatic rings. The molecular formula is C16H16F3N3O. The number of anilines is 1. The van der Waals surface area contributed by atoms with Crippen LogP contribution in [-0.4, -0.2) is 15.9 Å². The lowest BCUT2D eigenvalue weighted by Gasteiger charge is -2.16. The summed E-state index contributed by atoms with van der Waals surface area (Å²) in [4.78, 5) is 20.3. The van der Waals surface area contributed by atoms with E-state index < -0.39 is 23.2 Å². The van der Waals surface area contributed by atoms with Gasteiger partial charge >= 0.3 is 6.18 Å². The monoisotopic (exact) mass is 323 g/mol. The number of hydrogen-bond donors (Lipinski definition) is 1. The average molecular weight is 323 g/mol. The third-order valence-corrected chi connectivity index (χ3v) is 3.06. The summed E-state index contributed by atoms with van der Waals surface area (Å²) >= 11 is 0. The van der Waals surface area contributed by atoms with Crippen LogP contribution in [0.1, 0.15) is 42.5 Å². The molecule has 0 bridgehead atoms. The molecule has 0 saturated carbocycles. The van der Waals surface area contributed by atoms with Crippen molar-refractivity contribution in [1.29, 1.82) is 0 Å². The van der Waals surface area contributed by atoms with E-state index in [0.29, 0.717) is 5.82 Å². The van der Waals surface area contributed by atoms with Crippen molar-refractivity contribution < 1.29 is 18.0 Å². The van der Waals surface area contributed by atoms with Gasteiger partial charge in [0, 0.05) is 5.41 Å². The highest BCUT2D eigenvalue weighted by atomic mass is 19.4. The molecule has 0 fully saturated rings. The molecule has 0 aliphatic carbocycles. The highest BCUT2D eigenvalue weighted by molar-refractivity contribution is 6.05. The highest BCUT2D eigenvalue weighted by Gasteiger charge is 2.34. The lowest BCUT2D eigenvalue weighted by atomic mass is 9.96. The van der Waals surface area contributed by atoms with E-state index in [1.807, 2.05) is 20.8 Å². The Bertz CT molecular complexity index is 704. The molecule has 1 N–H and O–H groups in total. The van der Waals surface area contributed by atoms with Gasteiger partial charge in [-0.15, -0.1) is 0 Å². The van der Waals surface area contributed by atoms with Crippen molar-refractivity contribution in [3.05, 3.63) is 53.6 Å². The number of benzene rings is 1. The van der Waals surface area contributed by atoms with Crippen LogP contribution in [0.3, 0.4) is 0 Å². The van der Waals surface area contributed by atoms with Crippen LogP contribution in [0, 0.1) is 0 Å². The molecule has 122 valence electrons. The maximum atomic E-state index is 12.9. The van der Waals surface area contributed by atoms with E-state index in [-0.39, 0.29) is 11.1 Å². The number of nitrogens with zero attached hydrogens (tertiary/aromatic N) is 2. The Balaban J connectivity index is 2.24. The third-order valence-electron chi connectivity index (χ3n) is 3.06. The number of alkyl halides is 3. The molecule has 0 atom stereocenters. The van der Waals surface area contributed by atoms with Gasteiger partial charge in [-0.1, -0.05) is 32.9 Å². The summed E-state index contributed by atoms with van der Waals surface area (Å²) in [6.45, 7) is 5.79. The number of nitrogens with one attached hydrogen (secondary N) is 1. The first-order chi connectivity index (χ1) is 10.6. The first kappa shape index (κ1) is 16.9. The van der Waals surface area contributed by atoms with E-state index in [4.69, 9.17) is 0 Å². The summed E-state index contributed by atoms with van der Waals surface area (Å²) in [5.41, 5.74) is -1.45. The fourth-order valence-electron chi connectivity index (χ4n) is 1.91. The van der Waals surface area contributed by atoms with Gasteiger partial charge in [0.25, 0.3) is 5.91 Å². The van der Waals surface area contributed by atoms with Gasteiger partial charge in [-0.2, -0.15) is 13.2 Å². The summed E-state index contributed by atoms with van der Waals surface area (Å²) in [5.74, 6) is -0.281. The Kier molecular flexibility index (Phi) is 4.40. The first-order valence-corrected chi connectivity index (χ1v) is 6.89. The average Bonchev–Trinajstić information content (AvgIpc) is 2.46. The highest BCUT2D eigenvalue weighted by Crippen LogP contribution is 2.32. The number of carbonyl (C=O) groups is 1. The minimum Gasteiger partial charge on any atom is -0.319 e. The molecule has 0 spiro atoms. The second kappa shape index (κ2) is 5.98. The van der Waals surface area contributed by atoms with Crippen molar-refractivity contribution in [3.8, 4) is 0 Å². The quantitative estimate of drug-likeness (QED) is 0.907.